The zero-order valence-electron chi connectivity index (χ0n) is 23.8. The summed E-state index contributed by atoms with van der Waals surface area (Å²) in [5, 5.41) is 0. The zero-order chi connectivity index (χ0) is 27.8. The molecule has 0 spiro atoms. The van der Waals surface area contributed by atoms with Crippen molar-refractivity contribution in [1.29, 1.82) is 0 Å². The third-order valence-corrected chi connectivity index (χ3v) is 14.8. The van der Waals surface area contributed by atoms with E-state index in [0.717, 1.165) is 33.8 Å². The molecule has 4 aromatic carbocycles. The third-order valence-electron chi connectivity index (χ3n) is 6.64. The van der Waals surface area contributed by atoms with Crippen LogP contribution in [0.4, 0.5) is 0 Å². The quantitative estimate of drug-likeness (QED) is 0.120. The van der Waals surface area contributed by atoms with E-state index in [2.05, 4.69) is 94.9 Å². The molecule has 4 nitrogen and oxygen atoms in total. The van der Waals surface area contributed by atoms with Gasteiger partial charge in [0.05, 0.1) is 0 Å². The molecule has 0 saturated heterocycles. The molecule has 4 aromatic rings. The van der Waals surface area contributed by atoms with Crippen molar-refractivity contribution in [3.05, 3.63) is 97.1 Å². The molecule has 0 fully saturated rings. The average Bonchev–Trinajstić information content (AvgIpc) is 2.94. The van der Waals surface area contributed by atoms with Crippen molar-refractivity contribution in [2.24, 2.45) is 0 Å². The minimum absolute atomic E-state index is 0.321. The molecule has 0 radical (unpaired) electrons. The van der Waals surface area contributed by atoms with Crippen molar-refractivity contribution in [1.82, 2.24) is 0 Å². The Morgan fingerprint density at radius 3 is 1.31 bits per heavy atom. The first-order valence-corrected chi connectivity index (χ1v) is 20.5. The Bertz CT molecular complexity index is 1240. The standard InChI is InChI=1S/C34H40O4Te/c1-7-35-25(3)37-33-21-19-29(23-31(33)27-15-11-9-12-16-27)39(5,6)30-20-22-34(38-26(4)36-8-2)32(24-30)28-17-13-10-14-18-28/h9-26H,7-8H2,1-6H3. The first-order valence-electron chi connectivity index (χ1n) is 13.5. The van der Waals surface area contributed by atoms with Crippen molar-refractivity contribution in [2.75, 3.05) is 13.2 Å². The number of rotatable bonds is 12. The summed E-state index contributed by atoms with van der Waals surface area (Å²) in [5.74, 6) is 1.67. The van der Waals surface area contributed by atoms with Gasteiger partial charge < -0.3 is 0 Å². The van der Waals surface area contributed by atoms with Crippen molar-refractivity contribution < 1.29 is 18.9 Å². The molecule has 0 N–H and O–H groups in total. The first kappa shape index (κ1) is 29.2. The number of hydrogen-bond donors (Lipinski definition) is 0. The summed E-state index contributed by atoms with van der Waals surface area (Å²) in [6, 6.07) is 34.3. The van der Waals surface area contributed by atoms with Crippen LogP contribution >= 0.6 is 0 Å². The van der Waals surface area contributed by atoms with Crippen LogP contribution in [0.5, 0.6) is 11.5 Å². The van der Waals surface area contributed by atoms with E-state index in [-0.39, 0.29) is 12.6 Å². The van der Waals surface area contributed by atoms with Crippen molar-refractivity contribution in [2.45, 2.75) is 50.2 Å². The molecular formula is C34H40O4Te. The van der Waals surface area contributed by atoms with Crippen LogP contribution < -0.4 is 16.7 Å². The summed E-state index contributed by atoms with van der Waals surface area (Å²) < 4.78 is 26.6. The van der Waals surface area contributed by atoms with E-state index in [4.69, 9.17) is 18.9 Å². The molecule has 0 aromatic heterocycles. The second kappa shape index (κ2) is 13.5. The van der Waals surface area contributed by atoms with Gasteiger partial charge in [0.25, 0.3) is 0 Å². The number of ether oxygens (including phenoxy) is 4. The number of hydrogen-bond acceptors (Lipinski definition) is 4. The monoisotopic (exact) mass is 642 g/mol. The Morgan fingerprint density at radius 1 is 0.564 bits per heavy atom. The fourth-order valence-corrected chi connectivity index (χ4v) is 10.0. The Morgan fingerprint density at radius 2 is 0.949 bits per heavy atom. The Kier molecular flexibility index (Phi) is 10.1. The van der Waals surface area contributed by atoms with E-state index in [1.54, 1.807) is 0 Å². The molecule has 0 saturated carbocycles. The molecule has 0 amide bonds. The summed E-state index contributed by atoms with van der Waals surface area (Å²) in [4.78, 5) is 4.90. The van der Waals surface area contributed by atoms with E-state index in [9.17, 15) is 0 Å². The van der Waals surface area contributed by atoms with E-state index < -0.39 is 18.2 Å². The minimum atomic E-state index is -2.78. The van der Waals surface area contributed by atoms with Crippen molar-refractivity contribution in [3.8, 4) is 33.8 Å². The predicted molar refractivity (Wildman–Crippen MR) is 164 cm³/mol. The molecule has 0 aliphatic heterocycles. The maximum atomic E-state index is 6.23. The average molecular weight is 640 g/mol. The summed E-state index contributed by atoms with van der Waals surface area (Å²) in [5.41, 5.74) is 4.45. The van der Waals surface area contributed by atoms with Crippen LogP contribution in [-0.2, 0) is 9.47 Å². The van der Waals surface area contributed by atoms with Gasteiger partial charge in [0.1, 0.15) is 0 Å². The van der Waals surface area contributed by atoms with E-state index in [0.29, 0.717) is 13.2 Å². The van der Waals surface area contributed by atoms with Crippen LogP contribution in [-0.4, -0.2) is 44.0 Å². The summed E-state index contributed by atoms with van der Waals surface area (Å²) in [6.45, 7) is 9.05. The molecule has 0 aliphatic carbocycles. The number of benzene rings is 4. The van der Waals surface area contributed by atoms with E-state index in [1.165, 1.54) is 7.22 Å². The van der Waals surface area contributed by atoms with E-state index in [1.807, 2.05) is 39.8 Å². The van der Waals surface area contributed by atoms with Gasteiger partial charge in [0, 0.05) is 0 Å². The molecule has 0 bridgehead atoms. The fourth-order valence-electron chi connectivity index (χ4n) is 4.58. The van der Waals surface area contributed by atoms with Gasteiger partial charge in [-0.25, -0.2) is 0 Å². The molecule has 0 heterocycles. The van der Waals surface area contributed by atoms with Crippen molar-refractivity contribution >= 4 is 25.4 Å². The van der Waals surface area contributed by atoms with Gasteiger partial charge in [0.2, 0.25) is 0 Å². The van der Waals surface area contributed by atoms with Crippen LogP contribution in [0.25, 0.3) is 22.3 Å². The molecule has 39 heavy (non-hydrogen) atoms. The van der Waals surface area contributed by atoms with Gasteiger partial charge in [-0.3, -0.25) is 0 Å². The van der Waals surface area contributed by atoms with Gasteiger partial charge in [-0.15, -0.1) is 0 Å². The summed E-state index contributed by atoms with van der Waals surface area (Å²) >= 11 is -2.78. The van der Waals surface area contributed by atoms with Gasteiger partial charge in [0.15, 0.2) is 0 Å². The molecule has 5 heteroatoms. The first-order chi connectivity index (χ1) is 18.8. The van der Waals surface area contributed by atoms with Crippen LogP contribution in [0.2, 0.25) is 9.94 Å². The molecule has 0 aliphatic rings. The van der Waals surface area contributed by atoms with E-state index >= 15 is 0 Å². The predicted octanol–water partition coefficient (Wildman–Crippen LogP) is 7.37. The molecule has 2 atom stereocenters. The normalized spacial score (nSPS) is 13.5. The Hall–Kier alpha value is -2.81. The SMILES string of the molecule is CCOC(C)Oc1ccc([Te](C)(C)c2ccc(OC(C)OCC)c(-c3ccccc3)c2)cc1-c1ccccc1. The summed E-state index contributed by atoms with van der Waals surface area (Å²) in [6.07, 6.45) is -0.642. The Labute approximate surface area is 237 Å². The van der Waals surface area contributed by atoms with Crippen LogP contribution in [0.1, 0.15) is 27.7 Å². The molecule has 206 valence electrons. The van der Waals surface area contributed by atoms with Crippen LogP contribution in [0.15, 0.2) is 97.1 Å². The molecule has 4 rings (SSSR count). The second-order valence-corrected chi connectivity index (χ2v) is 19.9. The van der Waals surface area contributed by atoms with Gasteiger partial charge in [-0.05, 0) is 0 Å². The van der Waals surface area contributed by atoms with Crippen molar-refractivity contribution in [3.63, 3.8) is 0 Å². The van der Waals surface area contributed by atoms with Gasteiger partial charge in [-0.1, -0.05) is 0 Å². The third kappa shape index (κ3) is 7.24. The van der Waals surface area contributed by atoms with Crippen LogP contribution in [0.3, 0.4) is 0 Å². The zero-order valence-corrected chi connectivity index (χ0v) is 26.2. The van der Waals surface area contributed by atoms with Crippen LogP contribution in [0, 0.1) is 0 Å². The molecular weight excluding hydrogens is 600 g/mol. The Balaban J connectivity index is 1.77. The second-order valence-electron chi connectivity index (χ2n) is 9.66. The van der Waals surface area contributed by atoms with Gasteiger partial charge >= 0.3 is 239 Å². The fraction of sp³-hybridized carbons (Fsp3) is 0.294. The summed E-state index contributed by atoms with van der Waals surface area (Å²) in [7, 11) is 0. The maximum absolute atomic E-state index is 6.23. The molecule has 2 unspecified atom stereocenters. The topological polar surface area (TPSA) is 36.9 Å². The van der Waals surface area contributed by atoms with Gasteiger partial charge in [-0.2, -0.15) is 0 Å².